The molecule has 0 saturated carbocycles. The van der Waals surface area contributed by atoms with Gasteiger partial charge in [0, 0.05) is 40.1 Å². The molecule has 3 aliphatic rings. The van der Waals surface area contributed by atoms with E-state index in [0.29, 0.717) is 0 Å². The van der Waals surface area contributed by atoms with E-state index in [1.54, 1.807) is 0 Å². The van der Waals surface area contributed by atoms with Gasteiger partial charge in [-0.1, -0.05) is 224 Å². The smallest absolute Gasteiger partial charge is 0.0686 e. The summed E-state index contributed by atoms with van der Waals surface area (Å²) in [6.07, 6.45) is 5.94. The Morgan fingerprint density at radius 2 is 0.727 bits per heavy atom. The largest absolute Gasteiger partial charge is 0.311 e. The number of para-hydroxylation sites is 2. The molecule has 1 unspecified atom stereocenters. The van der Waals surface area contributed by atoms with Crippen molar-refractivity contribution in [3.8, 4) is 44.5 Å². The summed E-state index contributed by atoms with van der Waals surface area (Å²) in [4.78, 5) is 4.82. The van der Waals surface area contributed by atoms with Crippen LogP contribution in [0, 0.1) is 0 Å². The van der Waals surface area contributed by atoms with Crippen molar-refractivity contribution >= 4 is 50.0 Å². The predicted molar refractivity (Wildman–Crippen MR) is 323 cm³/mol. The van der Waals surface area contributed by atoms with Crippen LogP contribution in [0.2, 0.25) is 0 Å². The van der Waals surface area contributed by atoms with Gasteiger partial charge in [0.15, 0.2) is 0 Å². The Bertz CT molecular complexity index is 4190. The van der Waals surface area contributed by atoms with Crippen molar-refractivity contribution in [3.63, 3.8) is 0 Å². The van der Waals surface area contributed by atoms with E-state index in [4.69, 9.17) is 0 Å². The van der Waals surface area contributed by atoms with Crippen LogP contribution in [0.3, 0.4) is 0 Å². The standard InChI is InChI=1S/C75H52N2/c1-5-21-52(22-6-1)73-65-32-13-14-33-66(65)74(53-23-7-2-8-24-53)68-49-54(39-47-67(68)73)51-37-40-57(41-38-51)77(59-44-42-58(43-45-59)76(55-25-9-3-10-26-55)56-27-11-4-12-28-56)60-46-48-64-63-31-17-20-36-71(63)75(72(64)50-60)69-34-18-15-29-61(69)62-30-16-19-35-70(62)75/h1-47,49-50,64H,48H2. The van der Waals surface area contributed by atoms with Crippen LogP contribution < -0.4 is 9.80 Å². The molecule has 0 amide bonds. The van der Waals surface area contributed by atoms with Crippen molar-refractivity contribution < 1.29 is 0 Å². The molecule has 1 spiro atoms. The molecule has 3 aliphatic carbocycles. The van der Waals surface area contributed by atoms with Crippen LogP contribution in [0.15, 0.2) is 309 Å². The van der Waals surface area contributed by atoms with Gasteiger partial charge in [0.1, 0.15) is 0 Å². The van der Waals surface area contributed by atoms with Crippen molar-refractivity contribution in [1.82, 2.24) is 0 Å². The average molecular weight is 981 g/mol. The highest BCUT2D eigenvalue weighted by atomic mass is 15.2. The number of fused-ring (bicyclic) bond motifs is 12. The summed E-state index contributed by atoms with van der Waals surface area (Å²) in [5, 5.41) is 5.00. The van der Waals surface area contributed by atoms with E-state index < -0.39 is 5.41 Å². The van der Waals surface area contributed by atoms with Crippen LogP contribution in [0.4, 0.5) is 28.4 Å². The highest BCUT2D eigenvalue weighted by Crippen LogP contribution is 2.65. The number of allylic oxidation sites excluding steroid dienone is 3. The summed E-state index contributed by atoms with van der Waals surface area (Å²) in [5.74, 6) is 0.249. The zero-order valence-corrected chi connectivity index (χ0v) is 42.5. The highest BCUT2D eigenvalue weighted by molar-refractivity contribution is 6.22. The Kier molecular flexibility index (Phi) is 10.6. The highest BCUT2D eigenvalue weighted by Gasteiger charge is 2.55. The van der Waals surface area contributed by atoms with Gasteiger partial charge < -0.3 is 9.80 Å². The summed E-state index contributed by atoms with van der Waals surface area (Å²) in [5.41, 5.74) is 23.3. The Balaban J connectivity index is 0.894. The summed E-state index contributed by atoms with van der Waals surface area (Å²) in [6.45, 7) is 0. The second kappa shape index (κ2) is 18.3. The fourth-order valence-corrected chi connectivity index (χ4v) is 13.4. The molecule has 12 aromatic rings. The van der Waals surface area contributed by atoms with Crippen LogP contribution in [0.25, 0.3) is 66.1 Å². The van der Waals surface area contributed by atoms with Gasteiger partial charge in [-0.3, -0.25) is 0 Å². The Hall–Kier alpha value is -9.76. The Labute approximate surface area is 450 Å². The van der Waals surface area contributed by atoms with Gasteiger partial charge in [-0.15, -0.1) is 0 Å². The minimum absolute atomic E-state index is 0.249. The van der Waals surface area contributed by atoms with Gasteiger partial charge >= 0.3 is 0 Å². The van der Waals surface area contributed by atoms with Gasteiger partial charge in [-0.05, 0) is 173 Å². The zero-order valence-electron chi connectivity index (χ0n) is 42.5. The van der Waals surface area contributed by atoms with Gasteiger partial charge in [-0.25, -0.2) is 0 Å². The summed E-state index contributed by atoms with van der Waals surface area (Å²) < 4.78 is 0. The van der Waals surface area contributed by atoms with Gasteiger partial charge in [0.25, 0.3) is 0 Å². The predicted octanol–water partition coefficient (Wildman–Crippen LogP) is 19.9. The third kappa shape index (κ3) is 7.10. The van der Waals surface area contributed by atoms with Crippen LogP contribution in [0.5, 0.6) is 0 Å². The maximum absolute atomic E-state index is 2.55. The SMILES string of the molecule is C1=C(N(c2ccc(-c3ccc4c(-c5ccccc5)c5ccccc5c(-c5ccccc5)c4c3)cc2)c2ccc(N(c3ccccc3)c3ccccc3)cc2)C=C2C(C1)c1ccccc1C21c2ccccc2-c2ccccc21. The first-order chi connectivity index (χ1) is 38.2. The molecule has 0 fully saturated rings. The number of anilines is 5. The summed E-state index contributed by atoms with van der Waals surface area (Å²) in [6, 6.07) is 105. The first kappa shape index (κ1) is 44.7. The second-order valence-corrected chi connectivity index (χ2v) is 20.6. The molecular weight excluding hydrogens is 929 g/mol. The van der Waals surface area contributed by atoms with Crippen LogP contribution in [0.1, 0.15) is 34.6 Å². The quantitative estimate of drug-likeness (QED) is 0.133. The maximum Gasteiger partial charge on any atom is 0.0686 e. The molecule has 0 N–H and O–H groups in total. The minimum Gasteiger partial charge on any atom is -0.311 e. The number of benzene rings is 12. The van der Waals surface area contributed by atoms with Gasteiger partial charge in [0.05, 0.1) is 5.41 Å². The maximum atomic E-state index is 2.55. The normalized spacial score (nSPS) is 14.6. The lowest BCUT2D eigenvalue weighted by atomic mass is 9.68. The van der Waals surface area contributed by atoms with Crippen molar-refractivity contribution in [2.75, 3.05) is 9.80 Å². The van der Waals surface area contributed by atoms with Crippen LogP contribution >= 0.6 is 0 Å². The van der Waals surface area contributed by atoms with E-state index in [1.165, 1.54) is 99.6 Å². The lowest BCUT2D eigenvalue weighted by Crippen LogP contribution is -2.29. The lowest BCUT2D eigenvalue weighted by molar-refractivity contribution is 0.701. The molecule has 362 valence electrons. The molecule has 2 nitrogen and oxygen atoms in total. The first-order valence-electron chi connectivity index (χ1n) is 26.9. The van der Waals surface area contributed by atoms with E-state index in [9.17, 15) is 0 Å². The molecule has 12 aromatic carbocycles. The minimum atomic E-state index is -0.403. The summed E-state index contributed by atoms with van der Waals surface area (Å²) >= 11 is 0. The fraction of sp³-hybridized carbons (Fsp3) is 0.0400. The third-order valence-electron chi connectivity index (χ3n) is 16.6. The Morgan fingerprint density at radius 1 is 0.312 bits per heavy atom. The van der Waals surface area contributed by atoms with Crippen molar-refractivity contribution in [2.24, 2.45) is 0 Å². The molecule has 0 heterocycles. The molecule has 0 aliphatic heterocycles. The van der Waals surface area contributed by atoms with Gasteiger partial charge in [-0.2, -0.15) is 0 Å². The molecule has 77 heavy (non-hydrogen) atoms. The molecule has 0 saturated heterocycles. The lowest BCUT2D eigenvalue weighted by Gasteiger charge is -2.36. The molecule has 0 radical (unpaired) electrons. The number of hydrogen-bond acceptors (Lipinski definition) is 2. The van der Waals surface area contributed by atoms with Crippen molar-refractivity contribution in [2.45, 2.75) is 17.8 Å². The third-order valence-corrected chi connectivity index (χ3v) is 16.6. The monoisotopic (exact) mass is 980 g/mol. The van der Waals surface area contributed by atoms with Crippen molar-refractivity contribution in [3.05, 3.63) is 331 Å². The number of hydrogen-bond donors (Lipinski definition) is 0. The van der Waals surface area contributed by atoms with Crippen LogP contribution in [-0.4, -0.2) is 0 Å². The van der Waals surface area contributed by atoms with Crippen LogP contribution in [-0.2, 0) is 5.41 Å². The molecule has 0 aromatic heterocycles. The number of rotatable bonds is 9. The Morgan fingerprint density at radius 3 is 1.30 bits per heavy atom. The molecule has 2 heteroatoms. The summed E-state index contributed by atoms with van der Waals surface area (Å²) in [7, 11) is 0. The van der Waals surface area contributed by atoms with E-state index >= 15 is 0 Å². The van der Waals surface area contributed by atoms with Gasteiger partial charge in [0.2, 0.25) is 0 Å². The second-order valence-electron chi connectivity index (χ2n) is 20.6. The average Bonchev–Trinajstić information content (AvgIpc) is 4.21. The van der Waals surface area contributed by atoms with E-state index in [0.717, 1.165) is 34.9 Å². The molecule has 15 rings (SSSR count). The molecular formula is C75H52N2. The first-order valence-corrected chi connectivity index (χ1v) is 26.9. The van der Waals surface area contributed by atoms with E-state index in [1.807, 2.05) is 0 Å². The number of nitrogens with zero attached hydrogens (tertiary/aromatic N) is 2. The zero-order chi connectivity index (χ0) is 50.9. The molecule has 1 atom stereocenters. The molecule has 0 bridgehead atoms. The fourth-order valence-electron chi connectivity index (χ4n) is 13.4. The van der Waals surface area contributed by atoms with E-state index in [2.05, 4.69) is 307 Å². The van der Waals surface area contributed by atoms with E-state index in [-0.39, 0.29) is 5.92 Å². The topological polar surface area (TPSA) is 6.48 Å². The van der Waals surface area contributed by atoms with Crippen molar-refractivity contribution in [1.29, 1.82) is 0 Å².